The lowest BCUT2D eigenvalue weighted by atomic mass is 10.2. The molecule has 0 aliphatic carbocycles. The summed E-state index contributed by atoms with van der Waals surface area (Å²) in [6, 6.07) is 14.4. The van der Waals surface area contributed by atoms with Crippen LogP contribution in [0.4, 0.5) is 4.79 Å². The van der Waals surface area contributed by atoms with Crippen LogP contribution in [0.5, 0.6) is 0 Å². The highest BCUT2D eigenvalue weighted by molar-refractivity contribution is 5.79. The quantitative estimate of drug-likeness (QED) is 0.585. The smallest absolute Gasteiger partial charge is 0.314 e. The van der Waals surface area contributed by atoms with Crippen LogP contribution < -0.4 is 10.6 Å². The molecule has 6 heteroatoms. The number of amides is 2. The third kappa shape index (κ3) is 4.39. The summed E-state index contributed by atoms with van der Waals surface area (Å²) >= 11 is 0. The molecule has 2 N–H and O–H groups in total. The molecule has 2 aromatic heterocycles. The number of benzene rings is 1. The fraction of sp³-hybridized carbons (Fsp3) is 0.409. The van der Waals surface area contributed by atoms with Crippen molar-refractivity contribution in [3.63, 3.8) is 0 Å². The van der Waals surface area contributed by atoms with Gasteiger partial charge in [-0.05, 0) is 62.0 Å². The Bertz CT molecular complexity index is 881. The molecular weight excluding hydrogens is 352 g/mol. The van der Waals surface area contributed by atoms with Crippen LogP contribution in [0.3, 0.4) is 0 Å². The van der Waals surface area contributed by atoms with Gasteiger partial charge in [0.2, 0.25) is 0 Å². The third-order valence-corrected chi connectivity index (χ3v) is 5.45. The normalized spacial score (nSPS) is 15.7. The van der Waals surface area contributed by atoms with Gasteiger partial charge in [-0.15, -0.1) is 0 Å². The highest BCUT2D eigenvalue weighted by Gasteiger charge is 2.25. The van der Waals surface area contributed by atoms with Crippen LogP contribution in [0.1, 0.15) is 31.1 Å². The van der Waals surface area contributed by atoms with Crippen LogP contribution in [0.25, 0.3) is 10.9 Å². The number of furan rings is 1. The average molecular weight is 380 g/mol. The van der Waals surface area contributed by atoms with Gasteiger partial charge in [-0.3, -0.25) is 4.90 Å². The molecule has 1 aliphatic rings. The minimum Gasteiger partial charge on any atom is -0.468 e. The Balaban J connectivity index is 1.22. The summed E-state index contributed by atoms with van der Waals surface area (Å²) in [4.78, 5) is 14.6. The summed E-state index contributed by atoms with van der Waals surface area (Å²) in [6.45, 7) is 4.20. The molecule has 148 valence electrons. The van der Waals surface area contributed by atoms with Gasteiger partial charge < -0.3 is 19.6 Å². The van der Waals surface area contributed by atoms with E-state index in [2.05, 4.69) is 56.6 Å². The molecule has 1 saturated heterocycles. The van der Waals surface area contributed by atoms with E-state index in [9.17, 15) is 4.79 Å². The maximum absolute atomic E-state index is 12.2. The topological polar surface area (TPSA) is 62.4 Å². The Morgan fingerprint density at radius 1 is 1.07 bits per heavy atom. The number of para-hydroxylation sites is 1. The number of carbonyl (C=O) groups excluding carboxylic acids is 1. The second kappa shape index (κ2) is 8.97. The number of nitrogens with one attached hydrogen (secondary N) is 2. The number of fused-ring (bicyclic) bond motifs is 1. The van der Waals surface area contributed by atoms with E-state index in [1.165, 1.54) is 23.7 Å². The molecule has 1 unspecified atom stereocenters. The van der Waals surface area contributed by atoms with Crippen LogP contribution in [0.15, 0.2) is 59.3 Å². The molecule has 1 aromatic carbocycles. The zero-order chi connectivity index (χ0) is 19.2. The van der Waals surface area contributed by atoms with Crippen molar-refractivity contribution >= 4 is 16.9 Å². The first-order chi connectivity index (χ1) is 13.8. The first-order valence-electron chi connectivity index (χ1n) is 10.1. The lowest BCUT2D eigenvalue weighted by Crippen LogP contribution is -2.41. The summed E-state index contributed by atoms with van der Waals surface area (Å²) in [7, 11) is 0. The van der Waals surface area contributed by atoms with Gasteiger partial charge in [0.1, 0.15) is 5.76 Å². The first kappa shape index (κ1) is 18.6. The van der Waals surface area contributed by atoms with E-state index in [-0.39, 0.29) is 12.1 Å². The highest BCUT2D eigenvalue weighted by Crippen LogP contribution is 2.24. The van der Waals surface area contributed by atoms with Gasteiger partial charge in [0.25, 0.3) is 0 Å². The molecule has 0 spiro atoms. The van der Waals surface area contributed by atoms with Crippen molar-refractivity contribution in [2.24, 2.45) is 0 Å². The Morgan fingerprint density at radius 3 is 2.75 bits per heavy atom. The largest absolute Gasteiger partial charge is 0.468 e. The van der Waals surface area contributed by atoms with Gasteiger partial charge in [-0.2, -0.15) is 0 Å². The lowest BCUT2D eigenvalue weighted by molar-refractivity contribution is 0.203. The zero-order valence-electron chi connectivity index (χ0n) is 16.1. The van der Waals surface area contributed by atoms with Crippen LogP contribution in [0, 0.1) is 0 Å². The Hall–Kier alpha value is -2.73. The van der Waals surface area contributed by atoms with E-state index in [1.807, 2.05) is 12.1 Å². The predicted molar refractivity (Wildman–Crippen MR) is 110 cm³/mol. The summed E-state index contributed by atoms with van der Waals surface area (Å²) in [5.41, 5.74) is 1.24. The SMILES string of the molecule is O=C(NCCCn1ccc2ccccc21)NCC(c1ccco1)N1CCCC1. The average Bonchev–Trinajstić information content (AvgIpc) is 3.48. The number of rotatable bonds is 8. The Labute approximate surface area is 165 Å². The van der Waals surface area contributed by atoms with E-state index in [0.29, 0.717) is 13.1 Å². The van der Waals surface area contributed by atoms with Crippen LogP contribution in [-0.2, 0) is 6.54 Å². The van der Waals surface area contributed by atoms with Crippen LogP contribution >= 0.6 is 0 Å². The molecule has 3 heterocycles. The van der Waals surface area contributed by atoms with Gasteiger partial charge >= 0.3 is 6.03 Å². The van der Waals surface area contributed by atoms with Crippen LogP contribution in [0.2, 0.25) is 0 Å². The summed E-state index contributed by atoms with van der Waals surface area (Å²) < 4.78 is 7.83. The molecule has 1 atom stereocenters. The number of likely N-dealkylation sites (tertiary alicyclic amines) is 1. The van der Waals surface area contributed by atoms with E-state index in [4.69, 9.17) is 4.42 Å². The van der Waals surface area contributed by atoms with Gasteiger partial charge in [-0.25, -0.2) is 4.79 Å². The van der Waals surface area contributed by atoms with Crippen molar-refractivity contribution in [1.82, 2.24) is 20.1 Å². The number of hydrogen-bond acceptors (Lipinski definition) is 3. The molecule has 3 aromatic rings. The maximum atomic E-state index is 12.2. The maximum Gasteiger partial charge on any atom is 0.314 e. The van der Waals surface area contributed by atoms with E-state index >= 15 is 0 Å². The zero-order valence-corrected chi connectivity index (χ0v) is 16.1. The van der Waals surface area contributed by atoms with Gasteiger partial charge in [0.05, 0.1) is 12.3 Å². The third-order valence-electron chi connectivity index (χ3n) is 5.45. The predicted octanol–water partition coefficient (Wildman–Crippen LogP) is 3.76. The van der Waals surface area contributed by atoms with Crippen molar-refractivity contribution in [2.45, 2.75) is 31.8 Å². The van der Waals surface area contributed by atoms with Gasteiger partial charge in [0.15, 0.2) is 0 Å². The number of nitrogens with zero attached hydrogens (tertiary/aromatic N) is 2. The van der Waals surface area contributed by atoms with Crippen molar-refractivity contribution in [1.29, 1.82) is 0 Å². The Kier molecular flexibility index (Phi) is 5.97. The molecular formula is C22H28N4O2. The molecule has 4 rings (SSSR count). The highest BCUT2D eigenvalue weighted by atomic mass is 16.3. The summed E-state index contributed by atoms with van der Waals surface area (Å²) in [5.74, 6) is 0.918. The van der Waals surface area contributed by atoms with E-state index in [0.717, 1.165) is 31.8 Å². The number of urea groups is 1. The number of aromatic nitrogens is 1. The second-order valence-electron chi connectivity index (χ2n) is 7.33. The van der Waals surface area contributed by atoms with Crippen molar-refractivity contribution in [2.75, 3.05) is 26.2 Å². The van der Waals surface area contributed by atoms with Crippen LogP contribution in [-0.4, -0.2) is 41.7 Å². The minimum absolute atomic E-state index is 0.106. The molecule has 0 radical (unpaired) electrons. The fourth-order valence-electron chi connectivity index (χ4n) is 3.98. The standard InChI is InChI=1S/C22H28N4O2/c27-22(23-11-6-14-26-15-10-18-7-1-2-8-19(18)26)24-17-20(21-9-5-16-28-21)25-12-3-4-13-25/h1-2,5,7-10,15-16,20H,3-4,6,11-14,17H2,(H2,23,24,27). The van der Waals surface area contributed by atoms with Crippen molar-refractivity contribution < 1.29 is 9.21 Å². The molecule has 1 fully saturated rings. The first-order valence-corrected chi connectivity index (χ1v) is 10.1. The second-order valence-corrected chi connectivity index (χ2v) is 7.33. The molecule has 6 nitrogen and oxygen atoms in total. The van der Waals surface area contributed by atoms with Gasteiger partial charge in [0, 0.05) is 31.3 Å². The fourth-order valence-corrected chi connectivity index (χ4v) is 3.98. The molecule has 28 heavy (non-hydrogen) atoms. The Morgan fingerprint density at radius 2 is 1.93 bits per heavy atom. The summed E-state index contributed by atoms with van der Waals surface area (Å²) in [6.07, 6.45) is 7.10. The molecule has 0 bridgehead atoms. The molecule has 0 saturated carbocycles. The number of aryl methyl sites for hydroxylation is 1. The molecule has 1 aliphatic heterocycles. The van der Waals surface area contributed by atoms with E-state index in [1.54, 1.807) is 6.26 Å². The number of hydrogen-bond donors (Lipinski definition) is 2. The number of carbonyl (C=O) groups is 1. The minimum atomic E-state index is -0.117. The monoisotopic (exact) mass is 380 g/mol. The molecule has 2 amide bonds. The van der Waals surface area contributed by atoms with E-state index < -0.39 is 0 Å². The van der Waals surface area contributed by atoms with Crippen molar-refractivity contribution in [3.8, 4) is 0 Å². The lowest BCUT2D eigenvalue weighted by Gasteiger charge is -2.26. The van der Waals surface area contributed by atoms with Crippen molar-refractivity contribution in [3.05, 3.63) is 60.7 Å². The van der Waals surface area contributed by atoms with Gasteiger partial charge in [-0.1, -0.05) is 18.2 Å². The summed E-state index contributed by atoms with van der Waals surface area (Å²) in [5, 5.41) is 7.23.